The van der Waals surface area contributed by atoms with Crippen molar-refractivity contribution in [2.24, 2.45) is 5.73 Å². The highest BCUT2D eigenvalue weighted by Gasteiger charge is 2.29. The van der Waals surface area contributed by atoms with E-state index in [1.807, 2.05) is 35.4 Å². The average molecular weight is 416 g/mol. The summed E-state index contributed by atoms with van der Waals surface area (Å²) in [6.07, 6.45) is 4.46. The third-order valence-corrected chi connectivity index (χ3v) is 5.50. The first-order valence-corrected chi connectivity index (χ1v) is 9.53. The number of likely N-dealkylation sites (tertiary alicyclic amines) is 1. The van der Waals surface area contributed by atoms with E-state index in [9.17, 15) is 4.79 Å². The molecule has 0 spiro atoms. The maximum atomic E-state index is 12.7. The van der Waals surface area contributed by atoms with Gasteiger partial charge in [0.1, 0.15) is 0 Å². The van der Waals surface area contributed by atoms with E-state index in [-0.39, 0.29) is 42.8 Å². The second-order valence-corrected chi connectivity index (χ2v) is 7.52. The lowest BCUT2D eigenvalue weighted by Gasteiger charge is -2.38. The second-order valence-electron chi connectivity index (χ2n) is 6.58. The van der Waals surface area contributed by atoms with Gasteiger partial charge in [0.2, 0.25) is 5.91 Å². The number of nitrogens with two attached hydrogens (primary N) is 1. The first-order valence-electron chi connectivity index (χ1n) is 8.66. The largest absolute Gasteiger partial charge is 0.338 e. The molecule has 1 aliphatic heterocycles. The molecule has 0 aliphatic carbocycles. The molecule has 7 heteroatoms. The summed E-state index contributed by atoms with van der Waals surface area (Å²) in [7, 11) is 0. The number of piperidine rings is 1. The van der Waals surface area contributed by atoms with Crippen molar-refractivity contribution in [3.63, 3.8) is 0 Å². The Balaban J connectivity index is 0.00000169. The molecule has 2 atom stereocenters. The standard InChI is InChI=1S/C19H25N3OS.2ClH/c1-14(20)17-9-5-6-10-22(17)19(23)12-16-13-24-18(21-16)11-15-7-3-2-4-8-15;;/h2-4,7-8,13-14,17H,5-6,9-12,20H2,1H3;2*1H. The summed E-state index contributed by atoms with van der Waals surface area (Å²) in [5, 5.41) is 3.08. The third-order valence-electron chi connectivity index (χ3n) is 4.61. The number of hydrogen-bond donors (Lipinski definition) is 1. The number of amides is 1. The predicted octanol–water partition coefficient (Wildman–Crippen LogP) is 3.85. The summed E-state index contributed by atoms with van der Waals surface area (Å²) in [6.45, 7) is 2.82. The molecule has 2 aromatic rings. The van der Waals surface area contributed by atoms with E-state index in [0.29, 0.717) is 6.42 Å². The van der Waals surface area contributed by atoms with E-state index in [4.69, 9.17) is 5.73 Å². The highest BCUT2D eigenvalue weighted by Crippen LogP contribution is 2.21. The number of carbonyl (C=O) groups excluding carboxylic acids is 1. The second kappa shape index (κ2) is 10.9. The van der Waals surface area contributed by atoms with E-state index < -0.39 is 0 Å². The van der Waals surface area contributed by atoms with E-state index in [2.05, 4.69) is 17.1 Å². The van der Waals surface area contributed by atoms with Crippen molar-refractivity contribution in [3.05, 3.63) is 52.0 Å². The monoisotopic (exact) mass is 415 g/mol. The van der Waals surface area contributed by atoms with E-state index >= 15 is 0 Å². The smallest absolute Gasteiger partial charge is 0.228 e. The number of aromatic nitrogens is 1. The van der Waals surface area contributed by atoms with Crippen LogP contribution in [0.1, 0.15) is 42.5 Å². The van der Waals surface area contributed by atoms with Gasteiger partial charge in [0.05, 0.1) is 17.1 Å². The maximum absolute atomic E-state index is 12.7. The summed E-state index contributed by atoms with van der Waals surface area (Å²) >= 11 is 1.63. The number of rotatable bonds is 5. The molecule has 1 aliphatic rings. The Morgan fingerprint density at radius 2 is 2.04 bits per heavy atom. The number of nitrogens with zero attached hydrogens (tertiary/aromatic N) is 2. The van der Waals surface area contributed by atoms with Crippen LogP contribution in [0.4, 0.5) is 0 Å². The van der Waals surface area contributed by atoms with Gasteiger partial charge in [-0.15, -0.1) is 36.2 Å². The fourth-order valence-electron chi connectivity index (χ4n) is 3.35. The minimum atomic E-state index is 0. The fraction of sp³-hybridized carbons (Fsp3) is 0.474. The number of halogens is 2. The zero-order valence-electron chi connectivity index (χ0n) is 15.0. The number of benzene rings is 1. The molecule has 0 radical (unpaired) electrons. The van der Waals surface area contributed by atoms with Crippen molar-refractivity contribution in [2.45, 2.75) is 51.1 Å². The summed E-state index contributed by atoms with van der Waals surface area (Å²) in [4.78, 5) is 19.3. The van der Waals surface area contributed by atoms with Crippen molar-refractivity contribution in [2.75, 3.05) is 6.54 Å². The van der Waals surface area contributed by atoms with Crippen molar-refractivity contribution < 1.29 is 4.79 Å². The molecule has 1 saturated heterocycles. The van der Waals surface area contributed by atoms with Crippen LogP contribution < -0.4 is 5.73 Å². The first kappa shape index (κ1) is 22.9. The Bertz CT molecular complexity index is 678. The van der Waals surface area contributed by atoms with Gasteiger partial charge in [-0.05, 0) is 31.7 Å². The Morgan fingerprint density at radius 1 is 1.31 bits per heavy atom. The normalized spacial score (nSPS) is 17.8. The molecule has 2 heterocycles. The Hall–Kier alpha value is -1.14. The molecular weight excluding hydrogens is 389 g/mol. The van der Waals surface area contributed by atoms with Gasteiger partial charge < -0.3 is 10.6 Å². The van der Waals surface area contributed by atoms with E-state index in [1.165, 1.54) is 5.56 Å². The van der Waals surface area contributed by atoms with Crippen LogP contribution in [0.3, 0.4) is 0 Å². The average Bonchev–Trinajstić information content (AvgIpc) is 3.02. The fourth-order valence-corrected chi connectivity index (χ4v) is 4.18. The minimum Gasteiger partial charge on any atom is -0.338 e. The van der Waals surface area contributed by atoms with Gasteiger partial charge in [-0.1, -0.05) is 30.3 Å². The Labute approximate surface area is 172 Å². The zero-order valence-corrected chi connectivity index (χ0v) is 17.4. The molecule has 26 heavy (non-hydrogen) atoms. The van der Waals surface area contributed by atoms with Crippen molar-refractivity contribution in [1.29, 1.82) is 0 Å². The van der Waals surface area contributed by atoms with Crippen LogP contribution in [0.25, 0.3) is 0 Å². The molecule has 2 unspecified atom stereocenters. The van der Waals surface area contributed by atoms with Gasteiger partial charge in [0.25, 0.3) is 0 Å². The molecule has 1 fully saturated rings. The van der Waals surface area contributed by atoms with Gasteiger partial charge >= 0.3 is 0 Å². The quantitative estimate of drug-likeness (QED) is 0.806. The summed E-state index contributed by atoms with van der Waals surface area (Å²) in [5.41, 5.74) is 8.20. The molecule has 1 amide bonds. The lowest BCUT2D eigenvalue weighted by Crippen LogP contribution is -2.52. The van der Waals surface area contributed by atoms with Crippen LogP contribution in [-0.4, -0.2) is 34.4 Å². The lowest BCUT2D eigenvalue weighted by molar-refractivity contribution is -0.134. The topological polar surface area (TPSA) is 59.2 Å². The Morgan fingerprint density at radius 3 is 2.73 bits per heavy atom. The van der Waals surface area contributed by atoms with Crippen LogP contribution in [-0.2, 0) is 17.6 Å². The molecular formula is C19H27Cl2N3OS. The zero-order chi connectivity index (χ0) is 16.9. The molecule has 4 nitrogen and oxygen atoms in total. The van der Waals surface area contributed by atoms with Crippen LogP contribution in [0.15, 0.2) is 35.7 Å². The van der Waals surface area contributed by atoms with Gasteiger partial charge in [-0.25, -0.2) is 4.98 Å². The molecule has 0 bridgehead atoms. The van der Waals surface area contributed by atoms with Gasteiger partial charge in [0, 0.05) is 30.4 Å². The van der Waals surface area contributed by atoms with Gasteiger partial charge in [-0.3, -0.25) is 4.79 Å². The highest BCUT2D eigenvalue weighted by atomic mass is 35.5. The molecule has 2 N–H and O–H groups in total. The first-order chi connectivity index (χ1) is 11.6. The number of carbonyl (C=O) groups is 1. The van der Waals surface area contributed by atoms with E-state index in [0.717, 1.165) is 42.9 Å². The van der Waals surface area contributed by atoms with Gasteiger partial charge in [0.15, 0.2) is 0 Å². The van der Waals surface area contributed by atoms with Gasteiger partial charge in [-0.2, -0.15) is 0 Å². The van der Waals surface area contributed by atoms with Crippen molar-refractivity contribution >= 4 is 42.1 Å². The molecule has 1 aromatic carbocycles. The molecule has 0 saturated carbocycles. The third kappa shape index (κ3) is 5.95. The molecule has 144 valence electrons. The highest BCUT2D eigenvalue weighted by molar-refractivity contribution is 7.09. The predicted molar refractivity (Wildman–Crippen MR) is 113 cm³/mol. The van der Waals surface area contributed by atoms with E-state index in [1.54, 1.807) is 11.3 Å². The SMILES string of the molecule is CC(N)C1CCCCN1C(=O)Cc1csc(Cc2ccccc2)n1.Cl.Cl. The lowest BCUT2D eigenvalue weighted by atomic mass is 9.96. The minimum absolute atomic E-state index is 0. The summed E-state index contributed by atoms with van der Waals surface area (Å²) < 4.78 is 0. The van der Waals surface area contributed by atoms with Crippen molar-refractivity contribution in [1.82, 2.24) is 9.88 Å². The molecule has 1 aromatic heterocycles. The van der Waals surface area contributed by atoms with Crippen LogP contribution >= 0.6 is 36.2 Å². The number of thiazole rings is 1. The summed E-state index contributed by atoms with van der Waals surface area (Å²) in [5.74, 6) is 0.161. The van der Waals surface area contributed by atoms with Crippen LogP contribution in [0.2, 0.25) is 0 Å². The van der Waals surface area contributed by atoms with Crippen molar-refractivity contribution in [3.8, 4) is 0 Å². The molecule has 3 rings (SSSR count). The maximum Gasteiger partial charge on any atom is 0.228 e. The number of hydrogen-bond acceptors (Lipinski definition) is 4. The Kier molecular flexibility index (Phi) is 9.58. The van der Waals surface area contributed by atoms with Crippen LogP contribution in [0, 0.1) is 0 Å². The van der Waals surface area contributed by atoms with Crippen LogP contribution in [0.5, 0.6) is 0 Å². The summed E-state index contributed by atoms with van der Waals surface area (Å²) in [6, 6.07) is 10.5.